The average Bonchev–Trinajstić information content (AvgIpc) is 2.96. The second-order valence-electron chi connectivity index (χ2n) is 10.9. The van der Waals surface area contributed by atoms with Crippen LogP contribution in [0.2, 0.25) is 0 Å². The van der Waals surface area contributed by atoms with E-state index in [1.165, 1.54) is 31.2 Å². The van der Waals surface area contributed by atoms with Gasteiger partial charge in [0.1, 0.15) is 27.6 Å². The fourth-order valence-corrected chi connectivity index (χ4v) is 6.02. The molecule has 5 aromatic rings. The Morgan fingerprint density at radius 1 is 1.00 bits per heavy atom. The number of hydrogen-bond acceptors (Lipinski definition) is 8. The molecule has 0 unspecified atom stereocenters. The number of rotatable bonds is 5. The molecule has 0 fully saturated rings. The van der Waals surface area contributed by atoms with E-state index < -0.39 is 33.1 Å². The molecule has 42 heavy (non-hydrogen) atoms. The molecule has 9 nitrogen and oxygen atoms in total. The second-order valence-corrected chi connectivity index (χ2v) is 12.4. The van der Waals surface area contributed by atoms with Crippen LogP contribution in [-0.4, -0.2) is 25.0 Å². The Hall–Kier alpha value is -4.83. The first-order valence-electron chi connectivity index (χ1n) is 13.3. The SMILES string of the molecule is Cc1c(O)ccc2c(OS(=O)(=O)c3ccc4ccccc4c3)c(NC(=O)c3ccc4c(c3)CCC(C)(C)O4)c(=O)oc12. The quantitative estimate of drug-likeness (QED) is 0.187. The first kappa shape index (κ1) is 27.3. The van der Waals surface area contributed by atoms with Crippen LogP contribution in [0.15, 0.2) is 86.9 Å². The monoisotopic (exact) mass is 585 g/mol. The molecule has 10 heteroatoms. The van der Waals surface area contributed by atoms with E-state index >= 15 is 0 Å². The molecule has 1 aromatic heterocycles. The van der Waals surface area contributed by atoms with Gasteiger partial charge in [0.15, 0.2) is 11.4 Å². The van der Waals surface area contributed by atoms with Crippen LogP contribution in [0.25, 0.3) is 21.7 Å². The van der Waals surface area contributed by atoms with Gasteiger partial charge in [0.25, 0.3) is 5.91 Å². The lowest BCUT2D eigenvalue weighted by Crippen LogP contribution is -2.32. The lowest BCUT2D eigenvalue weighted by molar-refractivity contribution is 0.0846. The summed E-state index contributed by atoms with van der Waals surface area (Å²) in [5.41, 5.74) is -0.650. The maximum absolute atomic E-state index is 13.5. The molecule has 4 aromatic carbocycles. The minimum atomic E-state index is -4.49. The van der Waals surface area contributed by atoms with Gasteiger partial charge in [-0.15, -0.1) is 0 Å². The van der Waals surface area contributed by atoms with E-state index in [4.69, 9.17) is 13.3 Å². The highest BCUT2D eigenvalue weighted by atomic mass is 32.2. The zero-order valence-electron chi connectivity index (χ0n) is 23.1. The summed E-state index contributed by atoms with van der Waals surface area (Å²) in [6.45, 7) is 5.49. The number of benzene rings is 4. The first-order chi connectivity index (χ1) is 19.9. The van der Waals surface area contributed by atoms with Gasteiger partial charge in [0.05, 0.1) is 5.39 Å². The summed E-state index contributed by atoms with van der Waals surface area (Å²) >= 11 is 0. The standard InChI is InChI=1S/C32H27NO8S/c1-18-25(34)12-11-24-28(18)39-31(36)27(33-30(35)22-9-13-26-21(16-22)14-15-32(2,3)40-26)29(24)41-42(37,38)23-10-8-19-6-4-5-7-20(19)17-23/h4-13,16-17,34H,14-15H2,1-3H3,(H,33,35). The van der Waals surface area contributed by atoms with Crippen LogP contribution in [-0.2, 0) is 16.5 Å². The van der Waals surface area contributed by atoms with E-state index in [0.29, 0.717) is 17.6 Å². The van der Waals surface area contributed by atoms with Gasteiger partial charge in [-0.2, -0.15) is 8.42 Å². The molecule has 0 saturated heterocycles. The third-order valence-corrected chi connectivity index (χ3v) is 8.61. The van der Waals surface area contributed by atoms with Gasteiger partial charge in [-0.25, -0.2) is 4.79 Å². The minimum Gasteiger partial charge on any atom is -0.508 e. The summed E-state index contributed by atoms with van der Waals surface area (Å²) in [4.78, 5) is 26.5. The maximum atomic E-state index is 13.5. The highest BCUT2D eigenvalue weighted by Crippen LogP contribution is 2.38. The number of hydrogen-bond donors (Lipinski definition) is 2. The Balaban J connectivity index is 1.43. The van der Waals surface area contributed by atoms with Crippen LogP contribution in [0.4, 0.5) is 5.69 Å². The Morgan fingerprint density at radius 2 is 1.76 bits per heavy atom. The molecule has 1 amide bonds. The van der Waals surface area contributed by atoms with Crippen molar-refractivity contribution in [3.63, 3.8) is 0 Å². The lowest BCUT2D eigenvalue weighted by atomic mass is 9.93. The summed E-state index contributed by atoms with van der Waals surface area (Å²) in [5, 5.41) is 14.3. The topological polar surface area (TPSA) is 132 Å². The van der Waals surface area contributed by atoms with E-state index in [-0.39, 0.29) is 38.3 Å². The number of anilines is 1. The molecular formula is C32H27NO8S. The van der Waals surface area contributed by atoms with Crippen molar-refractivity contribution in [3.8, 4) is 17.2 Å². The highest BCUT2D eigenvalue weighted by Gasteiger charge is 2.29. The van der Waals surface area contributed by atoms with Crippen molar-refractivity contribution in [2.24, 2.45) is 0 Å². The van der Waals surface area contributed by atoms with Gasteiger partial charge in [0.2, 0.25) is 0 Å². The fourth-order valence-electron chi connectivity index (χ4n) is 5.02. The zero-order chi connectivity index (χ0) is 29.8. The predicted molar refractivity (Wildman–Crippen MR) is 158 cm³/mol. The number of amides is 1. The molecule has 0 spiro atoms. The third kappa shape index (κ3) is 4.94. The van der Waals surface area contributed by atoms with Gasteiger partial charge in [0, 0.05) is 11.1 Å². The molecule has 6 rings (SSSR count). The number of fused-ring (bicyclic) bond motifs is 3. The Bertz CT molecular complexity index is 2080. The van der Waals surface area contributed by atoms with Crippen LogP contribution in [0.1, 0.15) is 41.8 Å². The number of nitrogens with one attached hydrogen (secondary N) is 1. The van der Waals surface area contributed by atoms with Crippen molar-refractivity contribution >= 4 is 43.5 Å². The van der Waals surface area contributed by atoms with Crippen molar-refractivity contribution < 1.29 is 31.7 Å². The number of carbonyl (C=O) groups is 1. The van der Waals surface area contributed by atoms with Crippen LogP contribution in [0, 0.1) is 6.92 Å². The molecule has 0 bridgehead atoms. The van der Waals surface area contributed by atoms with Crippen molar-refractivity contribution in [1.82, 2.24) is 0 Å². The molecule has 0 atom stereocenters. The van der Waals surface area contributed by atoms with E-state index in [1.807, 2.05) is 26.0 Å². The third-order valence-electron chi connectivity index (χ3n) is 7.39. The van der Waals surface area contributed by atoms with E-state index in [9.17, 15) is 23.1 Å². The highest BCUT2D eigenvalue weighted by molar-refractivity contribution is 7.87. The summed E-state index contributed by atoms with van der Waals surface area (Å²) in [6.07, 6.45) is 1.46. The van der Waals surface area contributed by atoms with Crippen LogP contribution in [0.3, 0.4) is 0 Å². The van der Waals surface area contributed by atoms with Gasteiger partial charge >= 0.3 is 15.7 Å². The molecular weight excluding hydrogens is 558 g/mol. The summed E-state index contributed by atoms with van der Waals surface area (Å²) < 4.78 is 44.1. The lowest BCUT2D eigenvalue weighted by Gasteiger charge is -2.32. The van der Waals surface area contributed by atoms with Gasteiger partial charge in [-0.1, -0.05) is 30.3 Å². The maximum Gasteiger partial charge on any atom is 0.364 e. The number of ether oxygens (including phenoxy) is 1. The molecule has 0 radical (unpaired) electrons. The Kier molecular flexibility index (Phi) is 6.46. The number of aromatic hydroxyl groups is 1. The van der Waals surface area contributed by atoms with Crippen molar-refractivity contribution in [2.45, 2.75) is 44.1 Å². The van der Waals surface area contributed by atoms with E-state index in [0.717, 1.165) is 17.4 Å². The normalized spacial score (nSPS) is 14.3. The largest absolute Gasteiger partial charge is 0.508 e. The van der Waals surface area contributed by atoms with Crippen molar-refractivity contribution in [3.05, 3.63) is 99.9 Å². The predicted octanol–water partition coefficient (Wildman–Crippen LogP) is 6.08. The minimum absolute atomic E-state index is 0.0738. The molecule has 2 heterocycles. The first-order valence-corrected chi connectivity index (χ1v) is 14.7. The Morgan fingerprint density at radius 3 is 2.55 bits per heavy atom. The summed E-state index contributed by atoms with van der Waals surface area (Å²) in [5.74, 6) is -0.578. The van der Waals surface area contributed by atoms with E-state index in [2.05, 4.69) is 5.32 Å². The van der Waals surface area contributed by atoms with Gasteiger partial charge < -0.3 is 23.8 Å². The molecule has 214 valence electrons. The van der Waals surface area contributed by atoms with Gasteiger partial charge in [-0.05, 0) is 92.4 Å². The summed E-state index contributed by atoms with van der Waals surface area (Å²) in [6, 6.07) is 19.4. The van der Waals surface area contributed by atoms with Crippen LogP contribution < -0.4 is 19.9 Å². The molecule has 0 saturated carbocycles. The zero-order valence-corrected chi connectivity index (χ0v) is 23.9. The Labute approximate surface area is 241 Å². The van der Waals surface area contributed by atoms with Crippen LogP contribution >= 0.6 is 0 Å². The molecule has 1 aliphatic heterocycles. The van der Waals surface area contributed by atoms with Crippen LogP contribution in [0.5, 0.6) is 17.2 Å². The fraction of sp³-hybridized carbons (Fsp3) is 0.188. The number of carbonyl (C=O) groups excluding carboxylic acids is 1. The summed E-state index contributed by atoms with van der Waals surface area (Å²) in [7, 11) is -4.49. The van der Waals surface area contributed by atoms with Crippen molar-refractivity contribution in [1.29, 1.82) is 0 Å². The average molecular weight is 586 g/mol. The number of aryl methyl sites for hydroxylation is 2. The number of phenolic OH excluding ortho intramolecular Hbond substituents is 1. The molecule has 0 aliphatic carbocycles. The number of phenols is 1. The molecule has 2 N–H and O–H groups in total. The second kappa shape index (κ2) is 9.92. The van der Waals surface area contributed by atoms with E-state index in [1.54, 1.807) is 36.4 Å². The van der Waals surface area contributed by atoms with Crippen molar-refractivity contribution in [2.75, 3.05) is 5.32 Å². The molecule has 1 aliphatic rings. The smallest absolute Gasteiger partial charge is 0.364 e. The van der Waals surface area contributed by atoms with Gasteiger partial charge in [-0.3, -0.25) is 4.79 Å².